The Bertz CT molecular complexity index is 1070. The Labute approximate surface area is 182 Å². The lowest BCUT2D eigenvalue weighted by molar-refractivity contribution is -0.114. The number of aromatic amines is 1. The Morgan fingerprint density at radius 1 is 1.03 bits per heavy atom. The Kier molecular flexibility index (Phi) is 6.74. The third kappa shape index (κ3) is 5.94. The molecule has 7 nitrogen and oxygen atoms in total. The number of hydrogen-bond acceptors (Lipinski definition) is 4. The van der Waals surface area contributed by atoms with Crippen molar-refractivity contribution in [3.05, 3.63) is 66.4 Å². The van der Waals surface area contributed by atoms with Crippen molar-refractivity contribution in [3.63, 3.8) is 0 Å². The zero-order valence-electron chi connectivity index (χ0n) is 18.3. The number of H-pyrrole nitrogens is 1. The van der Waals surface area contributed by atoms with Crippen molar-refractivity contribution in [1.82, 2.24) is 15.1 Å². The molecule has 3 aromatic rings. The minimum atomic E-state index is -0.574. The molecule has 0 aliphatic heterocycles. The van der Waals surface area contributed by atoms with E-state index in [1.807, 2.05) is 75.4 Å². The Morgan fingerprint density at radius 2 is 1.71 bits per heavy atom. The van der Waals surface area contributed by atoms with Crippen LogP contribution in [0.5, 0.6) is 0 Å². The Morgan fingerprint density at radius 3 is 2.42 bits per heavy atom. The van der Waals surface area contributed by atoms with Gasteiger partial charge in [0.15, 0.2) is 0 Å². The van der Waals surface area contributed by atoms with Crippen LogP contribution >= 0.6 is 0 Å². The number of likely N-dealkylation sites (N-methyl/N-ethyl adjacent to an activating group) is 1. The highest BCUT2D eigenvalue weighted by Crippen LogP contribution is 2.18. The van der Waals surface area contributed by atoms with Crippen molar-refractivity contribution in [2.45, 2.75) is 26.4 Å². The zero-order valence-corrected chi connectivity index (χ0v) is 18.3. The SMILES string of the molecule is CN(CCN(C(=O)/C=C/c1n[nH]c2ccccc12)c1ccccc1)C(=O)OC(C)(C)C. The van der Waals surface area contributed by atoms with Gasteiger partial charge in [0, 0.05) is 37.3 Å². The average Bonchev–Trinajstić information content (AvgIpc) is 3.15. The number of anilines is 1. The standard InChI is InChI=1S/C24H28N4O3/c1-24(2,3)31-23(30)27(4)16-17-28(18-10-6-5-7-11-18)22(29)15-14-21-19-12-8-9-13-20(19)25-26-21/h5-15H,16-17H2,1-4H3,(H,25,26)/b15-14+. The highest BCUT2D eigenvalue weighted by Gasteiger charge is 2.21. The number of benzene rings is 2. The molecule has 0 bridgehead atoms. The lowest BCUT2D eigenvalue weighted by Crippen LogP contribution is -2.41. The van der Waals surface area contributed by atoms with E-state index >= 15 is 0 Å². The van der Waals surface area contributed by atoms with Gasteiger partial charge in [-0.25, -0.2) is 4.79 Å². The van der Waals surface area contributed by atoms with E-state index in [-0.39, 0.29) is 5.91 Å². The van der Waals surface area contributed by atoms with E-state index in [4.69, 9.17) is 4.74 Å². The van der Waals surface area contributed by atoms with E-state index in [1.165, 1.54) is 11.0 Å². The molecule has 7 heteroatoms. The molecule has 2 amide bonds. The second-order valence-electron chi connectivity index (χ2n) is 8.22. The number of fused-ring (bicyclic) bond motifs is 1. The van der Waals surface area contributed by atoms with Crippen LogP contribution in [0.3, 0.4) is 0 Å². The van der Waals surface area contributed by atoms with E-state index in [2.05, 4.69) is 10.2 Å². The second kappa shape index (κ2) is 9.47. The van der Waals surface area contributed by atoms with E-state index in [9.17, 15) is 9.59 Å². The van der Waals surface area contributed by atoms with Crippen molar-refractivity contribution in [2.24, 2.45) is 0 Å². The van der Waals surface area contributed by atoms with Gasteiger partial charge in [0.25, 0.3) is 5.91 Å². The molecule has 0 saturated heterocycles. The van der Waals surface area contributed by atoms with Gasteiger partial charge in [-0.2, -0.15) is 5.10 Å². The van der Waals surface area contributed by atoms with Crippen LogP contribution in [0.15, 0.2) is 60.7 Å². The number of ether oxygens (including phenoxy) is 1. The molecule has 0 atom stereocenters. The Balaban J connectivity index is 1.74. The van der Waals surface area contributed by atoms with Crippen LogP contribution in [-0.2, 0) is 9.53 Å². The van der Waals surface area contributed by atoms with Crippen LogP contribution in [0.2, 0.25) is 0 Å². The van der Waals surface area contributed by atoms with Crippen LogP contribution in [0.4, 0.5) is 10.5 Å². The summed E-state index contributed by atoms with van der Waals surface area (Å²) in [6.45, 7) is 6.12. The predicted molar refractivity (Wildman–Crippen MR) is 123 cm³/mol. The lowest BCUT2D eigenvalue weighted by Gasteiger charge is -2.27. The summed E-state index contributed by atoms with van der Waals surface area (Å²) < 4.78 is 5.39. The molecule has 1 aromatic heterocycles. The molecule has 3 rings (SSSR count). The molecule has 0 aliphatic carbocycles. The first-order valence-corrected chi connectivity index (χ1v) is 10.2. The lowest BCUT2D eigenvalue weighted by atomic mass is 10.2. The highest BCUT2D eigenvalue weighted by atomic mass is 16.6. The molecule has 0 spiro atoms. The third-order valence-electron chi connectivity index (χ3n) is 4.58. The molecule has 0 fully saturated rings. The fourth-order valence-corrected chi connectivity index (χ4v) is 3.01. The summed E-state index contributed by atoms with van der Waals surface area (Å²) in [5, 5.41) is 8.19. The van der Waals surface area contributed by atoms with E-state index < -0.39 is 11.7 Å². The first-order valence-electron chi connectivity index (χ1n) is 10.2. The maximum absolute atomic E-state index is 13.1. The van der Waals surface area contributed by atoms with Gasteiger partial charge >= 0.3 is 6.09 Å². The van der Waals surface area contributed by atoms with Gasteiger partial charge < -0.3 is 14.5 Å². The predicted octanol–water partition coefficient (Wildman–Crippen LogP) is 4.48. The Hall–Kier alpha value is -3.61. The number of carbonyl (C=O) groups is 2. The van der Waals surface area contributed by atoms with E-state index in [0.717, 1.165) is 16.6 Å². The fourth-order valence-electron chi connectivity index (χ4n) is 3.01. The molecular weight excluding hydrogens is 392 g/mol. The maximum atomic E-state index is 13.1. The van der Waals surface area contributed by atoms with Crippen molar-refractivity contribution in [3.8, 4) is 0 Å². The zero-order chi connectivity index (χ0) is 22.4. The quantitative estimate of drug-likeness (QED) is 0.597. The molecule has 162 valence electrons. The fraction of sp³-hybridized carbons (Fsp3) is 0.292. The summed E-state index contributed by atoms with van der Waals surface area (Å²) in [5.41, 5.74) is 1.79. The summed E-state index contributed by atoms with van der Waals surface area (Å²) in [6.07, 6.45) is 2.78. The molecule has 2 aromatic carbocycles. The molecule has 1 heterocycles. The number of carbonyl (C=O) groups excluding carboxylic acids is 2. The van der Waals surface area contributed by atoms with Gasteiger partial charge in [0.2, 0.25) is 0 Å². The highest BCUT2D eigenvalue weighted by molar-refractivity contribution is 6.04. The van der Waals surface area contributed by atoms with Crippen molar-refractivity contribution < 1.29 is 14.3 Å². The van der Waals surface area contributed by atoms with Crippen LogP contribution in [0.1, 0.15) is 26.5 Å². The van der Waals surface area contributed by atoms with Gasteiger partial charge in [-0.05, 0) is 45.0 Å². The summed E-state index contributed by atoms with van der Waals surface area (Å²) in [4.78, 5) is 28.4. The second-order valence-corrected chi connectivity index (χ2v) is 8.22. The monoisotopic (exact) mass is 420 g/mol. The first kappa shape index (κ1) is 22.1. The molecule has 1 N–H and O–H groups in total. The van der Waals surface area contributed by atoms with Crippen LogP contribution < -0.4 is 4.90 Å². The van der Waals surface area contributed by atoms with E-state index in [0.29, 0.717) is 18.8 Å². The molecule has 31 heavy (non-hydrogen) atoms. The smallest absolute Gasteiger partial charge is 0.410 e. The average molecular weight is 421 g/mol. The number of rotatable bonds is 6. The molecular formula is C24H28N4O3. The van der Waals surface area contributed by atoms with Crippen molar-refractivity contribution >= 4 is 34.7 Å². The van der Waals surface area contributed by atoms with Crippen LogP contribution in [0, 0.1) is 0 Å². The number of para-hydroxylation sites is 2. The van der Waals surface area contributed by atoms with E-state index in [1.54, 1.807) is 18.0 Å². The topological polar surface area (TPSA) is 78.5 Å². The number of amides is 2. The van der Waals surface area contributed by atoms with Gasteiger partial charge in [0.05, 0.1) is 11.2 Å². The maximum Gasteiger partial charge on any atom is 0.410 e. The largest absolute Gasteiger partial charge is 0.444 e. The summed E-state index contributed by atoms with van der Waals surface area (Å²) in [6, 6.07) is 17.1. The first-order chi connectivity index (χ1) is 14.7. The number of nitrogens with one attached hydrogen (secondary N) is 1. The normalized spacial score (nSPS) is 11.6. The number of nitrogens with zero attached hydrogens (tertiary/aromatic N) is 3. The minimum absolute atomic E-state index is 0.198. The van der Waals surface area contributed by atoms with Gasteiger partial charge in [-0.3, -0.25) is 9.89 Å². The molecule has 0 unspecified atom stereocenters. The molecule has 0 radical (unpaired) electrons. The van der Waals surface area contributed by atoms with Crippen molar-refractivity contribution in [1.29, 1.82) is 0 Å². The molecule has 0 aliphatic rings. The van der Waals surface area contributed by atoms with Crippen molar-refractivity contribution in [2.75, 3.05) is 25.0 Å². The summed E-state index contributed by atoms with van der Waals surface area (Å²) in [7, 11) is 1.66. The van der Waals surface area contributed by atoms with Gasteiger partial charge in [0.1, 0.15) is 5.60 Å². The van der Waals surface area contributed by atoms with Gasteiger partial charge in [-0.15, -0.1) is 0 Å². The minimum Gasteiger partial charge on any atom is -0.444 e. The summed E-state index contributed by atoms with van der Waals surface area (Å²) >= 11 is 0. The summed E-state index contributed by atoms with van der Waals surface area (Å²) in [5.74, 6) is -0.198. The number of aromatic nitrogens is 2. The van der Waals surface area contributed by atoms with Crippen LogP contribution in [-0.4, -0.2) is 52.8 Å². The van der Waals surface area contributed by atoms with Crippen LogP contribution in [0.25, 0.3) is 17.0 Å². The number of hydrogen-bond donors (Lipinski definition) is 1. The molecule has 0 saturated carbocycles. The van der Waals surface area contributed by atoms with Gasteiger partial charge in [-0.1, -0.05) is 36.4 Å². The third-order valence-corrected chi connectivity index (χ3v) is 4.58.